The van der Waals surface area contributed by atoms with E-state index in [1.165, 1.54) is 12.8 Å². The number of rotatable bonds is 6. The Morgan fingerprint density at radius 1 is 1.38 bits per heavy atom. The van der Waals surface area contributed by atoms with Gasteiger partial charge in [-0.2, -0.15) is 0 Å². The number of amides is 1. The molecule has 1 fully saturated rings. The third-order valence-corrected chi connectivity index (χ3v) is 4.02. The number of nitrogens with one attached hydrogen (secondary N) is 1. The number of thiocarbonyl (C=S) groups is 1. The molecule has 4 nitrogen and oxygen atoms in total. The zero-order valence-electron chi connectivity index (χ0n) is 11.8. The predicted octanol–water partition coefficient (Wildman–Crippen LogP) is 2.81. The highest BCUT2D eigenvalue weighted by Gasteiger charge is 2.24. The molecule has 0 heterocycles. The van der Waals surface area contributed by atoms with Crippen LogP contribution in [0.1, 0.15) is 25.7 Å². The number of hydrogen-bond donors (Lipinski definition) is 2. The van der Waals surface area contributed by atoms with Crippen LogP contribution in [0.2, 0.25) is 5.02 Å². The molecule has 21 heavy (non-hydrogen) atoms. The molecule has 0 spiro atoms. The normalized spacial score (nSPS) is 15.3. The zero-order valence-corrected chi connectivity index (χ0v) is 13.4. The minimum absolute atomic E-state index is 0.0691. The van der Waals surface area contributed by atoms with Gasteiger partial charge in [-0.05, 0) is 31.0 Å². The molecule has 1 aromatic carbocycles. The molecule has 114 valence electrons. The highest BCUT2D eigenvalue weighted by molar-refractivity contribution is 7.80. The van der Waals surface area contributed by atoms with Gasteiger partial charge in [-0.3, -0.25) is 9.69 Å². The third-order valence-electron chi connectivity index (χ3n) is 3.66. The summed E-state index contributed by atoms with van der Waals surface area (Å²) in [5.74, 6) is -0.0691. The molecular formula is C15H20ClN3OS. The molecule has 0 atom stereocenters. The molecule has 0 radical (unpaired) electrons. The van der Waals surface area contributed by atoms with E-state index < -0.39 is 0 Å². The third kappa shape index (κ3) is 5.26. The van der Waals surface area contributed by atoms with E-state index in [1.807, 2.05) is 12.1 Å². The molecule has 0 aliphatic heterocycles. The minimum Gasteiger partial charge on any atom is -0.392 e. The first-order chi connectivity index (χ1) is 10.0. The van der Waals surface area contributed by atoms with Gasteiger partial charge in [-0.1, -0.05) is 42.7 Å². The van der Waals surface area contributed by atoms with E-state index in [0.717, 1.165) is 12.8 Å². The number of halogens is 1. The van der Waals surface area contributed by atoms with E-state index in [1.54, 1.807) is 12.1 Å². The minimum atomic E-state index is -0.0691. The first-order valence-corrected chi connectivity index (χ1v) is 7.91. The lowest BCUT2D eigenvalue weighted by molar-refractivity contribution is -0.117. The maximum Gasteiger partial charge on any atom is 0.238 e. The number of nitrogens with two attached hydrogens (primary N) is 1. The van der Waals surface area contributed by atoms with Gasteiger partial charge in [-0.25, -0.2) is 0 Å². The van der Waals surface area contributed by atoms with Crippen molar-refractivity contribution < 1.29 is 4.79 Å². The number of benzene rings is 1. The summed E-state index contributed by atoms with van der Waals surface area (Å²) in [5.41, 5.74) is 6.35. The second-order valence-corrected chi connectivity index (χ2v) is 6.33. The summed E-state index contributed by atoms with van der Waals surface area (Å²) in [6.07, 6.45) is 4.61. The quantitative estimate of drug-likeness (QED) is 0.790. The fourth-order valence-electron chi connectivity index (χ4n) is 2.73. The molecule has 0 saturated heterocycles. The van der Waals surface area contributed by atoms with Crippen LogP contribution in [0.4, 0.5) is 5.69 Å². The topological polar surface area (TPSA) is 58.4 Å². The van der Waals surface area contributed by atoms with E-state index in [9.17, 15) is 4.79 Å². The van der Waals surface area contributed by atoms with Crippen molar-refractivity contribution in [2.45, 2.75) is 31.7 Å². The average molecular weight is 326 g/mol. The Morgan fingerprint density at radius 2 is 2.10 bits per heavy atom. The van der Waals surface area contributed by atoms with E-state index in [2.05, 4.69) is 10.2 Å². The van der Waals surface area contributed by atoms with E-state index in [-0.39, 0.29) is 5.91 Å². The van der Waals surface area contributed by atoms with E-state index >= 15 is 0 Å². The number of anilines is 1. The standard InChI is InChI=1S/C15H20ClN3OS/c16-11-4-3-5-12(8-11)18-15(20)10-19(9-14(17)21)13-6-1-2-7-13/h3-5,8,13H,1-2,6-7,9-10H2,(H2,17,21)(H,18,20). The van der Waals surface area contributed by atoms with Crippen LogP contribution in [0.15, 0.2) is 24.3 Å². The van der Waals surface area contributed by atoms with Crippen molar-refractivity contribution in [3.05, 3.63) is 29.3 Å². The lowest BCUT2D eigenvalue weighted by Gasteiger charge is -2.27. The van der Waals surface area contributed by atoms with Crippen molar-refractivity contribution in [2.75, 3.05) is 18.4 Å². The van der Waals surface area contributed by atoms with Crippen LogP contribution in [0.5, 0.6) is 0 Å². The van der Waals surface area contributed by atoms with Gasteiger partial charge in [-0.15, -0.1) is 0 Å². The Labute approximate surface area is 135 Å². The molecule has 2 rings (SSSR count). The molecule has 0 aromatic heterocycles. The maximum atomic E-state index is 12.2. The van der Waals surface area contributed by atoms with Crippen LogP contribution < -0.4 is 11.1 Å². The molecule has 1 aliphatic rings. The van der Waals surface area contributed by atoms with Gasteiger partial charge in [0.25, 0.3) is 0 Å². The van der Waals surface area contributed by atoms with Gasteiger partial charge in [0.1, 0.15) is 0 Å². The molecule has 1 saturated carbocycles. The maximum absolute atomic E-state index is 12.2. The van der Waals surface area contributed by atoms with Gasteiger partial charge in [0.05, 0.1) is 11.5 Å². The van der Waals surface area contributed by atoms with Gasteiger partial charge < -0.3 is 11.1 Å². The van der Waals surface area contributed by atoms with Crippen molar-refractivity contribution in [1.29, 1.82) is 0 Å². The SMILES string of the molecule is NC(=S)CN(CC(=O)Nc1cccc(Cl)c1)C1CCCC1. The van der Waals surface area contributed by atoms with E-state index in [4.69, 9.17) is 29.6 Å². The van der Waals surface area contributed by atoms with Crippen molar-refractivity contribution in [2.24, 2.45) is 5.73 Å². The molecule has 1 aromatic rings. The molecule has 1 amide bonds. The average Bonchev–Trinajstić information content (AvgIpc) is 2.91. The molecule has 6 heteroatoms. The van der Waals surface area contributed by atoms with Gasteiger partial charge in [0, 0.05) is 23.3 Å². The molecule has 1 aliphatic carbocycles. The lowest BCUT2D eigenvalue weighted by atomic mass is 10.2. The predicted molar refractivity (Wildman–Crippen MR) is 90.7 cm³/mol. The van der Waals surface area contributed by atoms with Crippen LogP contribution >= 0.6 is 23.8 Å². The number of hydrogen-bond acceptors (Lipinski definition) is 3. The highest BCUT2D eigenvalue weighted by Crippen LogP contribution is 2.23. The van der Waals surface area contributed by atoms with Crippen molar-refractivity contribution in [3.63, 3.8) is 0 Å². The summed E-state index contributed by atoms with van der Waals surface area (Å²) < 4.78 is 0. The van der Waals surface area contributed by atoms with Crippen molar-refractivity contribution in [3.8, 4) is 0 Å². The number of carbonyl (C=O) groups is 1. The first kappa shape index (κ1) is 16.2. The zero-order chi connectivity index (χ0) is 15.2. The molecule has 0 bridgehead atoms. The molecule has 3 N–H and O–H groups in total. The summed E-state index contributed by atoms with van der Waals surface area (Å²) in [4.78, 5) is 14.7. The summed E-state index contributed by atoms with van der Waals surface area (Å²) >= 11 is 10.9. The Kier molecular flexibility index (Phi) is 5.96. The Hall–Kier alpha value is -1.17. The van der Waals surface area contributed by atoms with Crippen molar-refractivity contribution >= 4 is 40.4 Å². The van der Waals surface area contributed by atoms with Crippen LogP contribution in [0.25, 0.3) is 0 Å². The Morgan fingerprint density at radius 3 is 2.71 bits per heavy atom. The summed E-state index contributed by atoms with van der Waals surface area (Å²) in [7, 11) is 0. The van der Waals surface area contributed by atoms with Crippen LogP contribution in [-0.4, -0.2) is 34.9 Å². The van der Waals surface area contributed by atoms with E-state index in [0.29, 0.717) is 34.8 Å². The summed E-state index contributed by atoms with van der Waals surface area (Å²) in [5, 5.41) is 3.46. The fraction of sp³-hybridized carbons (Fsp3) is 0.467. The van der Waals surface area contributed by atoms with Gasteiger partial charge in [0.2, 0.25) is 5.91 Å². The number of carbonyl (C=O) groups excluding carboxylic acids is 1. The van der Waals surface area contributed by atoms with Crippen LogP contribution in [-0.2, 0) is 4.79 Å². The Bertz CT molecular complexity index is 517. The second kappa shape index (κ2) is 7.73. The van der Waals surface area contributed by atoms with Crippen LogP contribution in [0.3, 0.4) is 0 Å². The molecule has 0 unspecified atom stereocenters. The monoisotopic (exact) mass is 325 g/mol. The largest absolute Gasteiger partial charge is 0.392 e. The van der Waals surface area contributed by atoms with Crippen molar-refractivity contribution in [1.82, 2.24) is 4.90 Å². The summed E-state index contributed by atoms with van der Waals surface area (Å²) in [6.45, 7) is 0.789. The van der Waals surface area contributed by atoms with Crippen LogP contribution in [0, 0.1) is 0 Å². The lowest BCUT2D eigenvalue weighted by Crippen LogP contribution is -2.43. The highest BCUT2D eigenvalue weighted by atomic mass is 35.5. The van der Waals surface area contributed by atoms with Gasteiger partial charge >= 0.3 is 0 Å². The second-order valence-electron chi connectivity index (χ2n) is 5.37. The summed E-state index contributed by atoms with van der Waals surface area (Å²) in [6, 6.07) is 7.53. The smallest absolute Gasteiger partial charge is 0.238 e. The fourth-order valence-corrected chi connectivity index (χ4v) is 3.09. The van der Waals surface area contributed by atoms with Gasteiger partial charge in [0.15, 0.2) is 0 Å². The molecular weight excluding hydrogens is 306 g/mol. The first-order valence-electron chi connectivity index (χ1n) is 7.12. The Balaban J connectivity index is 1.95. The number of nitrogens with zero attached hydrogens (tertiary/aromatic N) is 1.